The molecule has 130 valence electrons. The van der Waals surface area contributed by atoms with Crippen molar-refractivity contribution in [1.29, 1.82) is 0 Å². The van der Waals surface area contributed by atoms with E-state index in [-0.39, 0.29) is 22.7 Å². The maximum atomic E-state index is 12.9. The Kier molecular flexibility index (Phi) is 4.22. The van der Waals surface area contributed by atoms with Crippen LogP contribution in [0.1, 0.15) is 10.4 Å². The third kappa shape index (κ3) is 4.00. The van der Waals surface area contributed by atoms with E-state index in [1.165, 1.54) is 24.3 Å². The zero-order chi connectivity index (χ0) is 18.0. The number of hydrogen-bond donors (Lipinski definition) is 1. The van der Waals surface area contributed by atoms with Crippen molar-refractivity contribution in [1.82, 2.24) is 0 Å². The largest absolute Gasteiger partial charge is 0.586 e. The second-order valence-corrected chi connectivity index (χ2v) is 4.96. The number of hydrogen-bond acceptors (Lipinski definition) is 5. The summed E-state index contributed by atoms with van der Waals surface area (Å²) >= 11 is 0. The van der Waals surface area contributed by atoms with Gasteiger partial charge in [-0.25, -0.2) is 9.18 Å². The number of alkyl halides is 2. The van der Waals surface area contributed by atoms with E-state index in [1.807, 2.05) is 0 Å². The van der Waals surface area contributed by atoms with Crippen LogP contribution in [0.15, 0.2) is 42.5 Å². The second-order valence-electron chi connectivity index (χ2n) is 4.96. The summed E-state index contributed by atoms with van der Waals surface area (Å²) in [6.45, 7) is -0.610. The highest BCUT2D eigenvalue weighted by atomic mass is 19.3. The molecule has 1 heterocycles. The standard InChI is InChI=1S/C16H10F3NO5/c17-10-3-1-9(2-4-10)15(22)23-8-14(21)20-11-5-6-12-13(7-11)25-16(18,19)24-12/h1-7H,8H2,(H,20,21). The Morgan fingerprint density at radius 1 is 1.04 bits per heavy atom. The summed E-state index contributed by atoms with van der Waals surface area (Å²) in [5, 5.41) is 2.36. The average molecular weight is 353 g/mol. The number of benzene rings is 2. The molecule has 3 rings (SSSR count). The Labute approximate surface area is 139 Å². The Bertz CT molecular complexity index is 823. The summed E-state index contributed by atoms with van der Waals surface area (Å²) in [5.74, 6) is -2.40. The summed E-state index contributed by atoms with van der Waals surface area (Å²) in [6.07, 6.45) is -3.75. The van der Waals surface area contributed by atoms with Crippen molar-refractivity contribution in [3.8, 4) is 11.5 Å². The fourth-order valence-corrected chi connectivity index (χ4v) is 2.02. The molecular weight excluding hydrogens is 343 g/mol. The molecule has 1 amide bonds. The summed E-state index contributed by atoms with van der Waals surface area (Å²) < 4.78 is 51.9. The SMILES string of the molecule is O=C(COC(=O)c1ccc(F)cc1)Nc1ccc2c(c1)OC(F)(F)O2. The van der Waals surface area contributed by atoms with Crippen molar-refractivity contribution < 1.29 is 37.0 Å². The fraction of sp³-hybridized carbons (Fsp3) is 0.125. The lowest BCUT2D eigenvalue weighted by Crippen LogP contribution is -2.25. The highest BCUT2D eigenvalue weighted by molar-refractivity contribution is 5.95. The number of anilines is 1. The van der Waals surface area contributed by atoms with Crippen molar-refractivity contribution >= 4 is 17.6 Å². The normalized spacial score (nSPS) is 14.0. The average Bonchev–Trinajstić information content (AvgIpc) is 2.86. The second kappa shape index (κ2) is 6.34. The highest BCUT2D eigenvalue weighted by Crippen LogP contribution is 2.42. The van der Waals surface area contributed by atoms with Gasteiger partial charge < -0.3 is 19.5 Å². The third-order valence-electron chi connectivity index (χ3n) is 3.10. The monoisotopic (exact) mass is 353 g/mol. The lowest BCUT2D eigenvalue weighted by Gasteiger charge is -2.07. The highest BCUT2D eigenvalue weighted by Gasteiger charge is 2.43. The van der Waals surface area contributed by atoms with E-state index in [0.29, 0.717) is 0 Å². The molecule has 25 heavy (non-hydrogen) atoms. The molecule has 9 heteroatoms. The first kappa shape index (κ1) is 16.6. The van der Waals surface area contributed by atoms with E-state index in [0.717, 1.165) is 18.2 Å². The summed E-state index contributed by atoms with van der Waals surface area (Å²) in [5.41, 5.74) is 0.238. The van der Waals surface area contributed by atoms with Gasteiger partial charge in [-0.1, -0.05) is 0 Å². The first-order valence-electron chi connectivity index (χ1n) is 6.95. The number of amides is 1. The molecule has 2 aromatic carbocycles. The number of halogens is 3. The van der Waals surface area contributed by atoms with Crippen molar-refractivity contribution in [2.24, 2.45) is 0 Å². The topological polar surface area (TPSA) is 73.9 Å². The number of carbonyl (C=O) groups is 2. The van der Waals surface area contributed by atoms with E-state index < -0.39 is 30.6 Å². The maximum Gasteiger partial charge on any atom is 0.586 e. The summed E-state index contributed by atoms with van der Waals surface area (Å²) in [6, 6.07) is 8.27. The van der Waals surface area contributed by atoms with Crippen LogP contribution in [-0.2, 0) is 9.53 Å². The van der Waals surface area contributed by atoms with Crippen LogP contribution in [0.5, 0.6) is 11.5 Å². The van der Waals surface area contributed by atoms with E-state index >= 15 is 0 Å². The van der Waals surface area contributed by atoms with E-state index in [9.17, 15) is 22.8 Å². The van der Waals surface area contributed by atoms with Gasteiger partial charge in [0.1, 0.15) is 5.82 Å². The maximum absolute atomic E-state index is 12.9. The summed E-state index contributed by atoms with van der Waals surface area (Å²) in [7, 11) is 0. The van der Waals surface area contributed by atoms with Crippen molar-refractivity contribution in [3.05, 3.63) is 53.8 Å². The Morgan fingerprint density at radius 2 is 1.72 bits per heavy atom. The number of carbonyl (C=O) groups excluding carboxylic acids is 2. The van der Waals surface area contributed by atoms with Crippen LogP contribution in [-0.4, -0.2) is 24.8 Å². The van der Waals surface area contributed by atoms with Crippen molar-refractivity contribution in [2.75, 3.05) is 11.9 Å². The zero-order valence-corrected chi connectivity index (χ0v) is 12.4. The fourth-order valence-electron chi connectivity index (χ4n) is 2.02. The minimum absolute atomic E-state index is 0.0829. The van der Waals surface area contributed by atoms with Gasteiger partial charge in [-0.3, -0.25) is 4.79 Å². The third-order valence-corrected chi connectivity index (χ3v) is 3.10. The van der Waals surface area contributed by atoms with Gasteiger partial charge in [0.25, 0.3) is 5.91 Å². The number of ether oxygens (including phenoxy) is 3. The molecule has 0 fully saturated rings. The van der Waals surface area contributed by atoms with Crippen LogP contribution >= 0.6 is 0 Å². The van der Waals surface area contributed by atoms with Crippen molar-refractivity contribution in [2.45, 2.75) is 6.29 Å². The van der Waals surface area contributed by atoms with Gasteiger partial charge in [0, 0.05) is 11.8 Å². The van der Waals surface area contributed by atoms with Crippen LogP contribution in [0.4, 0.5) is 18.9 Å². The molecule has 0 bridgehead atoms. The Morgan fingerprint density at radius 3 is 2.44 bits per heavy atom. The van der Waals surface area contributed by atoms with E-state index in [1.54, 1.807) is 0 Å². The first-order valence-corrected chi connectivity index (χ1v) is 6.95. The summed E-state index contributed by atoms with van der Waals surface area (Å²) in [4.78, 5) is 23.5. The van der Waals surface area contributed by atoms with Gasteiger partial charge in [0.05, 0.1) is 5.56 Å². The van der Waals surface area contributed by atoms with Crippen LogP contribution in [0.2, 0.25) is 0 Å². The minimum Gasteiger partial charge on any atom is -0.452 e. The zero-order valence-electron chi connectivity index (χ0n) is 12.4. The van der Waals surface area contributed by atoms with Crippen molar-refractivity contribution in [3.63, 3.8) is 0 Å². The van der Waals surface area contributed by atoms with Crippen LogP contribution < -0.4 is 14.8 Å². The molecule has 0 atom stereocenters. The molecule has 0 saturated heterocycles. The van der Waals surface area contributed by atoms with E-state index in [4.69, 9.17) is 4.74 Å². The molecule has 0 saturated carbocycles. The quantitative estimate of drug-likeness (QED) is 0.856. The lowest BCUT2D eigenvalue weighted by molar-refractivity contribution is -0.286. The number of esters is 1. The van der Waals surface area contributed by atoms with Crippen LogP contribution in [0.25, 0.3) is 0 Å². The molecule has 1 aliphatic heterocycles. The number of rotatable bonds is 4. The predicted molar refractivity (Wildman–Crippen MR) is 78.0 cm³/mol. The van der Waals surface area contributed by atoms with Gasteiger partial charge in [-0.15, -0.1) is 8.78 Å². The van der Waals surface area contributed by atoms with Gasteiger partial charge >= 0.3 is 12.3 Å². The minimum atomic E-state index is -3.75. The molecule has 0 aliphatic carbocycles. The number of fused-ring (bicyclic) bond motifs is 1. The van der Waals surface area contributed by atoms with Gasteiger partial charge in [0.15, 0.2) is 18.1 Å². The molecule has 0 unspecified atom stereocenters. The molecule has 1 N–H and O–H groups in total. The lowest BCUT2D eigenvalue weighted by atomic mass is 10.2. The molecular formula is C16H10F3NO5. The molecule has 0 spiro atoms. The Hall–Kier alpha value is -3.23. The molecule has 2 aromatic rings. The Balaban J connectivity index is 1.55. The molecule has 0 radical (unpaired) electrons. The first-order chi connectivity index (χ1) is 11.8. The van der Waals surface area contributed by atoms with Gasteiger partial charge in [0.2, 0.25) is 0 Å². The van der Waals surface area contributed by atoms with Crippen LogP contribution in [0, 0.1) is 5.82 Å². The number of nitrogens with one attached hydrogen (secondary N) is 1. The van der Waals surface area contributed by atoms with Gasteiger partial charge in [-0.05, 0) is 36.4 Å². The molecule has 1 aliphatic rings. The predicted octanol–water partition coefficient (Wildman–Crippen LogP) is 2.94. The molecule has 6 nitrogen and oxygen atoms in total. The smallest absolute Gasteiger partial charge is 0.452 e. The van der Waals surface area contributed by atoms with Gasteiger partial charge in [-0.2, -0.15) is 0 Å². The van der Waals surface area contributed by atoms with Crippen LogP contribution in [0.3, 0.4) is 0 Å². The molecule has 0 aromatic heterocycles. The van der Waals surface area contributed by atoms with E-state index in [2.05, 4.69) is 14.8 Å².